The molecule has 0 spiro atoms. The Labute approximate surface area is 136 Å². The van der Waals surface area contributed by atoms with E-state index in [1.54, 1.807) is 25.1 Å². The Morgan fingerprint density at radius 2 is 1.91 bits per heavy atom. The van der Waals surface area contributed by atoms with Crippen LogP contribution in [0.15, 0.2) is 18.2 Å². The van der Waals surface area contributed by atoms with E-state index < -0.39 is 5.82 Å². The lowest BCUT2D eigenvalue weighted by Gasteiger charge is -2.30. The molecule has 0 aromatic heterocycles. The Bertz CT molecular complexity index is 565. The first-order chi connectivity index (χ1) is 11.0. The molecule has 0 aliphatic carbocycles. The number of piperidine rings is 1. The third-order valence-corrected chi connectivity index (χ3v) is 4.58. The summed E-state index contributed by atoms with van der Waals surface area (Å²) in [7, 11) is 0. The molecule has 1 N–H and O–H groups in total. The fourth-order valence-corrected chi connectivity index (χ4v) is 3.10. The summed E-state index contributed by atoms with van der Waals surface area (Å²) in [5.74, 6) is 0.151. The molecular formula is C18H24FNO3. The van der Waals surface area contributed by atoms with Crippen molar-refractivity contribution in [2.45, 2.75) is 45.6 Å². The van der Waals surface area contributed by atoms with Gasteiger partial charge >= 0.3 is 0 Å². The van der Waals surface area contributed by atoms with E-state index in [1.165, 1.54) is 0 Å². The molecule has 1 amide bonds. The second kappa shape index (κ2) is 8.20. The van der Waals surface area contributed by atoms with Crippen molar-refractivity contribution in [3.05, 3.63) is 35.1 Å². The van der Waals surface area contributed by atoms with Gasteiger partial charge in [-0.15, -0.1) is 0 Å². The van der Waals surface area contributed by atoms with Crippen LogP contribution in [0, 0.1) is 11.7 Å². The molecule has 0 saturated carbocycles. The number of ketones is 1. The molecule has 1 fully saturated rings. The second-order valence-electron chi connectivity index (χ2n) is 6.24. The van der Waals surface area contributed by atoms with E-state index in [4.69, 9.17) is 5.11 Å². The summed E-state index contributed by atoms with van der Waals surface area (Å²) in [5.41, 5.74) is 0.753. The van der Waals surface area contributed by atoms with E-state index >= 15 is 0 Å². The van der Waals surface area contributed by atoms with E-state index in [1.807, 2.05) is 4.90 Å². The number of halogens is 1. The van der Waals surface area contributed by atoms with Gasteiger partial charge in [-0.1, -0.05) is 18.2 Å². The van der Waals surface area contributed by atoms with E-state index in [2.05, 4.69) is 0 Å². The van der Waals surface area contributed by atoms with Crippen molar-refractivity contribution >= 4 is 11.7 Å². The summed E-state index contributed by atoms with van der Waals surface area (Å²) in [6.07, 6.45) is 2.91. The van der Waals surface area contributed by atoms with Crippen LogP contribution in [0.4, 0.5) is 4.39 Å². The molecule has 2 rings (SSSR count). The highest BCUT2D eigenvalue weighted by atomic mass is 19.1. The van der Waals surface area contributed by atoms with Crippen LogP contribution in [0.2, 0.25) is 0 Å². The maximum absolute atomic E-state index is 14.0. The average molecular weight is 321 g/mol. The summed E-state index contributed by atoms with van der Waals surface area (Å²) in [6.45, 7) is 2.68. The number of amides is 1. The lowest BCUT2D eigenvalue weighted by molar-refractivity contribution is -0.130. The minimum absolute atomic E-state index is 0.0917. The Kier molecular flexibility index (Phi) is 6.28. The van der Waals surface area contributed by atoms with Gasteiger partial charge in [0.15, 0.2) is 0 Å². The second-order valence-corrected chi connectivity index (χ2v) is 6.24. The molecule has 1 aliphatic rings. The van der Waals surface area contributed by atoms with Gasteiger partial charge in [-0.2, -0.15) is 0 Å². The SMILES string of the molecule is CC(=O)N1CCC(CC(=O)CCc2cccc(CO)c2F)CC1. The Balaban J connectivity index is 1.79. The lowest BCUT2D eigenvalue weighted by Crippen LogP contribution is -2.37. The van der Waals surface area contributed by atoms with Gasteiger partial charge in [0.25, 0.3) is 0 Å². The van der Waals surface area contributed by atoms with Crippen molar-refractivity contribution in [3.63, 3.8) is 0 Å². The van der Waals surface area contributed by atoms with E-state index in [0.717, 1.165) is 25.9 Å². The standard InChI is InChI=1S/C18H24FNO3/c1-13(22)20-9-7-14(8-10-20)11-17(23)6-5-15-3-2-4-16(12-21)18(15)19/h2-4,14,21H,5-12H2,1H3. The van der Waals surface area contributed by atoms with Crippen LogP contribution >= 0.6 is 0 Å². The van der Waals surface area contributed by atoms with E-state index in [-0.39, 0.29) is 23.9 Å². The van der Waals surface area contributed by atoms with Crippen molar-refractivity contribution in [3.8, 4) is 0 Å². The number of carbonyl (C=O) groups is 2. The monoisotopic (exact) mass is 321 g/mol. The molecule has 1 aromatic rings. The summed E-state index contributed by atoms with van der Waals surface area (Å²) in [6, 6.07) is 4.91. The fourth-order valence-electron chi connectivity index (χ4n) is 3.10. The lowest BCUT2D eigenvalue weighted by atomic mass is 9.90. The zero-order valence-corrected chi connectivity index (χ0v) is 13.6. The van der Waals surface area contributed by atoms with Crippen LogP contribution in [0.5, 0.6) is 0 Å². The highest BCUT2D eigenvalue weighted by Crippen LogP contribution is 2.22. The Morgan fingerprint density at radius 3 is 2.52 bits per heavy atom. The molecule has 5 heteroatoms. The average Bonchev–Trinajstić information content (AvgIpc) is 2.54. The smallest absolute Gasteiger partial charge is 0.219 e. The minimum atomic E-state index is -0.405. The zero-order chi connectivity index (χ0) is 16.8. The topological polar surface area (TPSA) is 57.6 Å². The van der Waals surface area contributed by atoms with Crippen LogP contribution < -0.4 is 0 Å². The number of carbonyl (C=O) groups excluding carboxylic acids is 2. The number of benzene rings is 1. The molecule has 0 bridgehead atoms. The van der Waals surface area contributed by atoms with Crippen molar-refractivity contribution in [1.29, 1.82) is 0 Å². The van der Waals surface area contributed by atoms with Gasteiger partial charge in [0, 0.05) is 38.4 Å². The molecule has 0 atom stereocenters. The molecule has 23 heavy (non-hydrogen) atoms. The molecule has 0 radical (unpaired) electrons. The minimum Gasteiger partial charge on any atom is -0.392 e. The third kappa shape index (κ3) is 4.86. The highest BCUT2D eigenvalue weighted by Gasteiger charge is 2.22. The van der Waals surface area contributed by atoms with Crippen LogP contribution in [0.3, 0.4) is 0 Å². The summed E-state index contributed by atoms with van der Waals surface area (Å²) >= 11 is 0. The Hall–Kier alpha value is -1.75. The quantitative estimate of drug-likeness (QED) is 0.875. The van der Waals surface area contributed by atoms with Gasteiger partial charge in [0.2, 0.25) is 5.91 Å². The molecule has 126 valence electrons. The first kappa shape index (κ1) is 17.6. The van der Waals surface area contributed by atoms with Gasteiger partial charge < -0.3 is 10.0 Å². The third-order valence-electron chi connectivity index (χ3n) is 4.58. The number of aliphatic hydroxyl groups is 1. The van der Waals surface area contributed by atoms with Crippen molar-refractivity contribution < 1.29 is 19.1 Å². The van der Waals surface area contributed by atoms with Gasteiger partial charge in [-0.3, -0.25) is 9.59 Å². The van der Waals surface area contributed by atoms with Gasteiger partial charge in [0.1, 0.15) is 11.6 Å². The Morgan fingerprint density at radius 1 is 1.26 bits per heavy atom. The summed E-state index contributed by atoms with van der Waals surface area (Å²) < 4.78 is 14.0. The molecule has 1 aliphatic heterocycles. The number of aliphatic hydroxyl groups excluding tert-OH is 1. The molecule has 1 heterocycles. The molecular weight excluding hydrogens is 297 g/mol. The number of hydrogen-bond donors (Lipinski definition) is 1. The van der Waals surface area contributed by atoms with Gasteiger partial charge in [0.05, 0.1) is 6.61 Å². The fraction of sp³-hybridized carbons (Fsp3) is 0.556. The maximum Gasteiger partial charge on any atom is 0.219 e. The molecule has 1 aromatic carbocycles. The first-order valence-corrected chi connectivity index (χ1v) is 8.15. The van der Waals surface area contributed by atoms with Crippen LogP contribution in [-0.4, -0.2) is 34.8 Å². The summed E-state index contributed by atoms with van der Waals surface area (Å²) in [5, 5.41) is 9.06. The van der Waals surface area contributed by atoms with Gasteiger partial charge in [-0.05, 0) is 30.7 Å². The number of nitrogens with zero attached hydrogens (tertiary/aromatic N) is 1. The van der Waals surface area contributed by atoms with Crippen LogP contribution in [0.25, 0.3) is 0 Å². The zero-order valence-electron chi connectivity index (χ0n) is 13.6. The first-order valence-electron chi connectivity index (χ1n) is 8.15. The maximum atomic E-state index is 14.0. The largest absolute Gasteiger partial charge is 0.392 e. The normalized spacial score (nSPS) is 15.7. The van der Waals surface area contributed by atoms with Crippen LogP contribution in [0.1, 0.15) is 43.7 Å². The highest BCUT2D eigenvalue weighted by molar-refractivity contribution is 5.79. The van der Waals surface area contributed by atoms with E-state index in [9.17, 15) is 14.0 Å². The van der Waals surface area contributed by atoms with Crippen LogP contribution in [-0.2, 0) is 22.6 Å². The van der Waals surface area contributed by atoms with Crippen molar-refractivity contribution in [2.24, 2.45) is 5.92 Å². The molecule has 0 unspecified atom stereocenters. The van der Waals surface area contributed by atoms with Crippen molar-refractivity contribution in [2.75, 3.05) is 13.1 Å². The number of likely N-dealkylation sites (tertiary alicyclic amines) is 1. The van der Waals surface area contributed by atoms with Crippen molar-refractivity contribution in [1.82, 2.24) is 4.90 Å². The predicted molar refractivity (Wildman–Crippen MR) is 85.2 cm³/mol. The number of Topliss-reactive ketones (excluding diaryl/α,β-unsaturated/α-hetero) is 1. The predicted octanol–water partition coefficient (Wildman–Crippen LogP) is 2.47. The van der Waals surface area contributed by atoms with Gasteiger partial charge in [-0.25, -0.2) is 4.39 Å². The number of aryl methyl sites for hydroxylation is 1. The van der Waals surface area contributed by atoms with E-state index in [0.29, 0.717) is 30.7 Å². The molecule has 1 saturated heterocycles. The molecule has 4 nitrogen and oxygen atoms in total. The number of rotatable bonds is 6. The number of hydrogen-bond acceptors (Lipinski definition) is 3. The summed E-state index contributed by atoms with van der Waals surface area (Å²) in [4.78, 5) is 25.2.